The lowest BCUT2D eigenvalue weighted by atomic mass is 10.2. The minimum atomic E-state index is -1.02. The Morgan fingerprint density at radius 2 is 1.73 bits per heavy atom. The van der Waals surface area contributed by atoms with E-state index < -0.39 is 18.0 Å². The number of aromatic amines is 1. The summed E-state index contributed by atoms with van der Waals surface area (Å²) in [7, 11) is 0. The van der Waals surface area contributed by atoms with Crippen LogP contribution in [0.1, 0.15) is 40.3 Å². The maximum atomic E-state index is 12.3. The number of carbonyl (C=O) groups excluding carboxylic acids is 3. The van der Waals surface area contributed by atoms with E-state index in [-0.39, 0.29) is 11.5 Å². The van der Waals surface area contributed by atoms with Gasteiger partial charge in [0.1, 0.15) is 18.1 Å². The number of Topliss-reactive ketones (excluding diaryl/α,β-unsaturated/α-hetero) is 1. The molecule has 154 valence electrons. The van der Waals surface area contributed by atoms with Gasteiger partial charge in [-0.15, -0.1) is 0 Å². The molecule has 30 heavy (non-hydrogen) atoms. The van der Waals surface area contributed by atoms with Crippen LogP contribution in [0, 0.1) is 0 Å². The standard InChI is InChI=1S/C23H22N2O5/c1-15(26)18-12-21(24-13-18)23(28)30-16(2)22(27)25-19-8-10-20(11-9-19)29-14-17-6-4-3-5-7-17/h3-13,16,24H,14H2,1-2H3,(H,25,27)/t16-/m1/s1. The van der Waals surface area contributed by atoms with E-state index in [4.69, 9.17) is 9.47 Å². The highest BCUT2D eigenvalue weighted by atomic mass is 16.5. The Balaban J connectivity index is 1.50. The van der Waals surface area contributed by atoms with Gasteiger partial charge >= 0.3 is 5.97 Å². The third-order valence-corrected chi connectivity index (χ3v) is 4.33. The smallest absolute Gasteiger partial charge is 0.355 e. The summed E-state index contributed by atoms with van der Waals surface area (Å²) in [6, 6.07) is 18.1. The summed E-state index contributed by atoms with van der Waals surface area (Å²) in [5.41, 5.74) is 2.09. The molecule has 1 atom stereocenters. The molecule has 0 bridgehead atoms. The van der Waals surface area contributed by atoms with Gasteiger partial charge in [0.15, 0.2) is 11.9 Å². The number of esters is 1. The Labute approximate surface area is 174 Å². The van der Waals surface area contributed by atoms with Gasteiger partial charge in [-0.25, -0.2) is 4.79 Å². The van der Waals surface area contributed by atoms with Crippen LogP contribution < -0.4 is 10.1 Å². The van der Waals surface area contributed by atoms with E-state index in [2.05, 4.69) is 10.3 Å². The van der Waals surface area contributed by atoms with E-state index in [1.165, 1.54) is 26.1 Å². The molecule has 0 radical (unpaired) electrons. The van der Waals surface area contributed by atoms with Crippen molar-refractivity contribution in [2.75, 3.05) is 5.32 Å². The number of amides is 1. The van der Waals surface area contributed by atoms with Crippen molar-refractivity contribution < 1.29 is 23.9 Å². The number of ether oxygens (including phenoxy) is 2. The van der Waals surface area contributed by atoms with Gasteiger partial charge in [-0.1, -0.05) is 30.3 Å². The van der Waals surface area contributed by atoms with Crippen molar-refractivity contribution in [3.05, 3.63) is 83.7 Å². The largest absolute Gasteiger partial charge is 0.489 e. The number of H-pyrrole nitrogens is 1. The lowest BCUT2D eigenvalue weighted by molar-refractivity contribution is -0.123. The van der Waals surface area contributed by atoms with Crippen molar-refractivity contribution in [2.45, 2.75) is 26.6 Å². The topological polar surface area (TPSA) is 97.5 Å². The van der Waals surface area contributed by atoms with Crippen LogP contribution in [0.4, 0.5) is 5.69 Å². The summed E-state index contributed by atoms with van der Waals surface area (Å²) >= 11 is 0. The van der Waals surface area contributed by atoms with Gasteiger partial charge in [-0.2, -0.15) is 0 Å². The van der Waals surface area contributed by atoms with Gasteiger partial charge in [0.05, 0.1) is 0 Å². The number of benzene rings is 2. The van der Waals surface area contributed by atoms with Crippen molar-refractivity contribution in [1.29, 1.82) is 0 Å². The summed E-state index contributed by atoms with van der Waals surface area (Å²) in [4.78, 5) is 38.4. The molecular weight excluding hydrogens is 384 g/mol. The summed E-state index contributed by atoms with van der Waals surface area (Å²) in [6.07, 6.45) is 0.404. The Bertz CT molecular complexity index is 1030. The molecule has 0 spiro atoms. The molecule has 2 N–H and O–H groups in total. The van der Waals surface area contributed by atoms with Crippen LogP contribution >= 0.6 is 0 Å². The average Bonchev–Trinajstić information content (AvgIpc) is 3.25. The third kappa shape index (κ3) is 5.57. The van der Waals surface area contributed by atoms with E-state index in [1.807, 2.05) is 30.3 Å². The third-order valence-electron chi connectivity index (χ3n) is 4.33. The molecule has 1 aromatic heterocycles. The second kappa shape index (κ2) is 9.56. The first-order chi connectivity index (χ1) is 14.4. The van der Waals surface area contributed by atoms with Crippen molar-refractivity contribution in [3.8, 4) is 5.75 Å². The van der Waals surface area contributed by atoms with Crippen LogP contribution in [0.3, 0.4) is 0 Å². The second-order valence-electron chi connectivity index (χ2n) is 6.69. The molecule has 3 rings (SSSR count). The fourth-order valence-electron chi connectivity index (χ4n) is 2.61. The van der Waals surface area contributed by atoms with Gasteiger partial charge in [-0.05, 0) is 49.7 Å². The average molecular weight is 406 g/mol. The molecule has 2 aromatic carbocycles. The number of ketones is 1. The molecule has 0 aliphatic rings. The fourth-order valence-corrected chi connectivity index (χ4v) is 2.61. The first kappa shape index (κ1) is 20.9. The Hall–Kier alpha value is -3.87. The van der Waals surface area contributed by atoms with E-state index in [0.29, 0.717) is 23.6 Å². The highest BCUT2D eigenvalue weighted by Crippen LogP contribution is 2.18. The first-order valence-electron chi connectivity index (χ1n) is 9.40. The van der Waals surface area contributed by atoms with Gasteiger partial charge in [0, 0.05) is 17.4 Å². The van der Waals surface area contributed by atoms with Crippen LogP contribution in [0.5, 0.6) is 5.75 Å². The Morgan fingerprint density at radius 3 is 2.37 bits per heavy atom. The predicted octanol–water partition coefficient (Wildman–Crippen LogP) is 3.98. The van der Waals surface area contributed by atoms with Crippen molar-refractivity contribution in [3.63, 3.8) is 0 Å². The lowest BCUT2D eigenvalue weighted by Crippen LogP contribution is -2.30. The zero-order valence-corrected chi connectivity index (χ0v) is 16.7. The molecule has 7 nitrogen and oxygen atoms in total. The number of nitrogens with one attached hydrogen (secondary N) is 2. The Kier molecular flexibility index (Phi) is 6.64. The minimum Gasteiger partial charge on any atom is -0.489 e. The number of hydrogen-bond acceptors (Lipinski definition) is 5. The summed E-state index contributed by atoms with van der Waals surface area (Å²) in [5, 5.41) is 2.69. The molecule has 1 heterocycles. The molecule has 0 saturated heterocycles. The van der Waals surface area contributed by atoms with Gasteiger partial charge in [-0.3, -0.25) is 9.59 Å². The van der Waals surface area contributed by atoms with Gasteiger partial charge in [0.25, 0.3) is 5.91 Å². The van der Waals surface area contributed by atoms with Crippen LogP contribution in [0.15, 0.2) is 66.9 Å². The highest BCUT2D eigenvalue weighted by molar-refractivity contribution is 5.99. The molecule has 0 aliphatic carbocycles. The van der Waals surface area contributed by atoms with Crippen LogP contribution in [0.2, 0.25) is 0 Å². The van der Waals surface area contributed by atoms with Crippen molar-refractivity contribution in [1.82, 2.24) is 4.98 Å². The van der Waals surface area contributed by atoms with Crippen LogP contribution in [-0.4, -0.2) is 28.7 Å². The summed E-state index contributed by atoms with van der Waals surface area (Å²) in [6.45, 7) is 3.31. The number of carbonyl (C=O) groups is 3. The summed E-state index contributed by atoms with van der Waals surface area (Å²) in [5.74, 6) is -0.689. The minimum absolute atomic E-state index is 0.111. The zero-order valence-electron chi connectivity index (χ0n) is 16.7. The van der Waals surface area contributed by atoms with E-state index in [1.54, 1.807) is 24.3 Å². The van der Waals surface area contributed by atoms with Gasteiger partial charge in [0.2, 0.25) is 0 Å². The van der Waals surface area contributed by atoms with Crippen molar-refractivity contribution >= 4 is 23.3 Å². The number of aromatic nitrogens is 1. The quantitative estimate of drug-likeness (QED) is 0.436. The predicted molar refractivity (Wildman–Crippen MR) is 112 cm³/mol. The number of hydrogen-bond donors (Lipinski definition) is 2. The molecule has 0 saturated carbocycles. The SMILES string of the molecule is CC(=O)c1c[nH]c(C(=O)O[C@H](C)C(=O)Nc2ccc(OCc3ccccc3)cc2)c1. The van der Waals surface area contributed by atoms with E-state index in [0.717, 1.165) is 5.56 Å². The molecule has 0 aliphatic heterocycles. The fraction of sp³-hybridized carbons (Fsp3) is 0.174. The molecule has 1 amide bonds. The maximum Gasteiger partial charge on any atom is 0.355 e. The molecular formula is C23H22N2O5. The molecule has 7 heteroatoms. The second-order valence-corrected chi connectivity index (χ2v) is 6.69. The molecule has 0 fully saturated rings. The molecule has 3 aromatic rings. The van der Waals surface area contributed by atoms with Crippen LogP contribution in [0.25, 0.3) is 0 Å². The first-order valence-corrected chi connectivity index (χ1v) is 9.40. The molecule has 0 unspecified atom stereocenters. The summed E-state index contributed by atoms with van der Waals surface area (Å²) < 4.78 is 10.9. The number of rotatable bonds is 8. The van der Waals surface area contributed by atoms with Crippen molar-refractivity contribution in [2.24, 2.45) is 0 Å². The lowest BCUT2D eigenvalue weighted by Gasteiger charge is -2.13. The normalized spacial score (nSPS) is 11.4. The van der Waals surface area contributed by atoms with Crippen LogP contribution in [-0.2, 0) is 16.1 Å². The van der Waals surface area contributed by atoms with E-state index in [9.17, 15) is 14.4 Å². The zero-order chi connectivity index (χ0) is 21.5. The number of anilines is 1. The Morgan fingerprint density at radius 1 is 1.03 bits per heavy atom. The highest BCUT2D eigenvalue weighted by Gasteiger charge is 2.20. The van der Waals surface area contributed by atoms with E-state index >= 15 is 0 Å². The maximum absolute atomic E-state index is 12.3. The monoisotopic (exact) mass is 406 g/mol. The van der Waals surface area contributed by atoms with Gasteiger partial charge < -0.3 is 19.8 Å².